The minimum Gasteiger partial charge on any atom is -0.490 e. The van der Waals surface area contributed by atoms with Crippen molar-refractivity contribution in [3.05, 3.63) is 29.6 Å². The Morgan fingerprint density at radius 2 is 1.94 bits per heavy atom. The molecule has 1 aliphatic heterocycles. The first-order valence-corrected chi connectivity index (χ1v) is 13.8. The number of benzene rings is 1. The molecule has 0 radical (unpaired) electrons. The van der Waals surface area contributed by atoms with Crippen molar-refractivity contribution in [3.8, 4) is 5.75 Å². The molecule has 3 aliphatic rings. The monoisotopic (exact) mass is 480 g/mol. The van der Waals surface area contributed by atoms with Crippen LogP contribution in [0.5, 0.6) is 5.75 Å². The summed E-state index contributed by atoms with van der Waals surface area (Å²) in [5.41, 5.74) is 0.418. The van der Waals surface area contributed by atoms with Gasteiger partial charge in [0.25, 0.3) is 0 Å². The summed E-state index contributed by atoms with van der Waals surface area (Å²) < 4.78 is 45.5. The summed E-state index contributed by atoms with van der Waals surface area (Å²) in [6.45, 7) is 1.44. The fraction of sp³-hybridized carbons (Fsp3) is 0.667. The topological polar surface area (TPSA) is 92.8 Å². The summed E-state index contributed by atoms with van der Waals surface area (Å²) in [5, 5.41) is 2.29. The van der Waals surface area contributed by atoms with Gasteiger partial charge in [0.15, 0.2) is 21.4 Å². The summed E-state index contributed by atoms with van der Waals surface area (Å²) in [5.74, 6) is 0.246. The molecule has 7 nitrogen and oxygen atoms in total. The maximum Gasteiger partial charge on any atom is 0.324 e. The number of halogens is 1. The van der Waals surface area contributed by atoms with E-state index in [1.807, 2.05) is 0 Å². The highest BCUT2D eigenvalue weighted by Crippen LogP contribution is 2.50. The number of imide groups is 1. The van der Waals surface area contributed by atoms with Crippen molar-refractivity contribution >= 4 is 21.8 Å². The van der Waals surface area contributed by atoms with Gasteiger partial charge in [0.05, 0.1) is 18.1 Å². The molecule has 1 aromatic rings. The Balaban J connectivity index is 1.24. The molecule has 9 heteroatoms. The van der Waals surface area contributed by atoms with Crippen LogP contribution in [-0.2, 0) is 20.0 Å². The number of hydrogen-bond acceptors (Lipinski definition) is 5. The predicted octanol–water partition coefficient (Wildman–Crippen LogP) is 3.56. The first-order chi connectivity index (χ1) is 15.8. The zero-order valence-corrected chi connectivity index (χ0v) is 19.8. The minimum atomic E-state index is -3.26. The number of unbranched alkanes of at least 4 members (excludes halogenated alkanes) is 2. The van der Waals surface area contributed by atoms with Crippen LogP contribution in [0.25, 0.3) is 0 Å². The van der Waals surface area contributed by atoms with E-state index in [0.717, 1.165) is 31.2 Å². The zero-order chi connectivity index (χ0) is 23.5. The molecule has 0 unspecified atom stereocenters. The molecule has 2 aliphatic carbocycles. The lowest BCUT2D eigenvalue weighted by atomic mass is 9.86. The Kier molecular flexibility index (Phi) is 7.26. The van der Waals surface area contributed by atoms with Crippen LogP contribution in [0.2, 0.25) is 0 Å². The lowest BCUT2D eigenvalue weighted by Gasteiger charge is -2.26. The van der Waals surface area contributed by atoms with E-state index >= 15 is 0 Å². The highest BCUT2D eigenvalue weighted by Gasteiger charge is 2.47. The van der Waals surface area contributed by atoms with Crippen LogP contribution >= 0.6 is 0 Å². The van der Waals surface area contributed by atoms with Crippen molar-refractivity contribution in [1.29, 1.82) is 0 Å². The van der Waals surface area contributed by atoms with Crippen LogP contribution < -0.4 is 10.1 Å². The van der Waals surface area contributed by atoms with Crippen molar-refractivity contribution in [2.24, 2.45) is 5.92 Å². The third-order valence-corrected chi connectivity index (χ3v) is 9.02. The van der Waals surface area contributed by atoms with Gasteiger partial charge in [0.2, 0.25) is 5.91 Å². The van der Waals surface area contributed by atoms with Crippen LogP contribution in [0.3, 0.4) is 0 Å². The summed E-state index contributed by atoms with van der Waals surface area (Å²) in [4.78, 5) is 24.5. The highest BCUT2D eigenvalue weighted by atomic mass is 32.2. The molecule has 2 saturated carbocycles. The van der Waals surface area contributed by atoms with E-state index in [2.05, 4.69) is 5.32 Å². The van der Waals surface area contributed by atoms with Gasteiger partial charge < -0.3 is 9.64 Å². The summed E-state index contributed by atoms with van der Waals surface area (Å²) in [6, 6.07) is 4.42. The van der Waals surface area contributed by atoms with Crippen molar-refractivity contribution in [2.75, 3.05) is 31.2 Å². The minimum absolute atomic E-state index is 0.0737. The first-order valence-electron chi connectivity index (χ1n) is 12.0. The SMILES string of the molecule is O=C1CCN(CCCCCS(=O)(=O)CC2(c3ccc(F)c(OCC4CCC4)c3)CC2)C(=O)N1. The van der Waals surface area contributed by atoms with E-state index in [1.54, 1.807) is 17.0 Å². The average Bonchev–Trinajstić information content (AvgIpc) is 3.49. The number of nitrogens with one attached hydrogen (secondary N) is 1. The van der Waals surface area contributed by atoms with Gasteiger partial charge in [-0.15, -0.1) is 0 Å². The Morgan fingerprint density at radius 3 is 2.61 bits per heavy atom. The second kappa shape index (κ2) is 9.99. The van der Waals surface area contributed by atoms with Gasteiger partial charge in [-0.1, -0.05) is 18.9 Å². The summed E-state index contributed by atoms with van der Waals surface area (Å²) in [7, 11) is -3.26. The number of carbonyl (C=O) groups is 2. The third-order valence-electron chi connectivity index (χ3n) is 7.12. The predicted molar refractivity (Wildman–Crippen MR) is 122 cm³/mol. The molecule has 0 spiro atoms. The molecule has 3 fully saturated rings. The molecular formula is C24H33FN2O5S. The first kappa shape index (κ1) is 24.0. The highest BCUT2D eigenvalue weighted by molar-refractivity contribution is 7.91. The van der Waals surface area contributed by atoms with Gasteiger partial charge in [0, 0.05) is 24.9 Å². The number of amides is 3. The van der Waals surface area contributed by atoms with E-state index in [9.17, 15) is 22.4 Å². The van der Waals surface area contributed by atoms with E-state index in [0.29, 0.717) is 51.3 Å². The Morgan fingerprint density at radius 1 is 1.15 bits per heavy atom. The molecular weight excluding hydrogens is 447 g/mol. The molecule has 33 heavy (non-hydrogen) atoms. The number of nitrogens with zero attached hydrogens (tertiary/aromatic N) is 1. The fourth-order valence-corrected chi connectivity index (χ4v) is 6.67. The van der Waals surface area contributed by atoms with Crippen LogP contribution in [0, 0.1) is 11.7 Å². The number of urea groups is 1. The number of sulfone groups is 1. The van der Waals surface area contributed by atoms with E-state index in [4.69, 9.17) is 4.74 Å². The van der Waals surface area contributed by atoms with Gasteiger partial charge in [-0.05, 0) is 62.1 Å². The maximum atomic E-state index is 14.2. The number of hydrogen-bond donors (Lipinski definition) is 1. The van der Waals surface area contributed by atoms with Crippen LogP contribution in [0.15, 0.2) is 18.2 Å². The van der Waals surface area contributed by atoms with Crippen molar-refractivity contribution < 1.29 is 27.1 Å². The van der Waals surface area contributed by atoms with E-state index in [-0.39, 0.29) is 29.2 Å². The van der Waals surface area contributed by atoms with Gasteiger partial charge in [0.1, 0.15) is 0 Å². The number of ether oxygens (including phenoxy) is 1. The standard InChI is InChI=1S/C24H33FN2O5S/c25-20-8-7-19(15-21(20)32-16-18-5-4-6-18)24(10-11-24)17-33(30,31)14-3-1-2-12-27-13-9-22(28)26-23(27)29/h7-8,15,18H,1-6,9-14,16-17H2,(H,26,28,29). The molecule has 1 aromatic carbocycles. The third kappa shape index (κ3) is 6.25. The molecule has 1 heterocycles. The van der Waals surface area contributed by atoms with Gasteiger partial charge in [-0.2, -0.15) is 0 Å². The maximum absolute atomic E-state index is 14.2. The summed E-state index contributed by atoms with van der Waals surface area (Å²) >= 11 is 0. The fourth-order valence-electron chi connectivity index (χ4n) is 4.58. The molecule has 1 saturated heterocycles. The largest absolute Gasteiger partial charge is 0.490 e. The number of carbonyl (C=O) groups excluding carboxylic acids is 2. The second-order valence-corrected chi connectivity index (χ2v) is 12.0. The lowest BCUT2D eigenvalue weighted by molar-refractivity contribution is -0.121. The average molecular weight is 481 g/mol. The molecule has 4 rings (SSSR count). The molecule has 3 amide bonds. The lowest BCUT2D eigenvalue weighted by Crippen LogP contribution is -2.49. The molecule has 0 aromatic heterocycles. The molecule has 182 valence electrons. The van der Waals surface area contributed by atoms with E-state index in [1.165, 1.54) is 12.5 Å². The number of rotatable bonds is 12. The molecule has 1 N–H and O–H groups in total. The van der Waals surface area contributed by atoms with Crippen LogP contribution in [-0.4, -0.2) is 56.5 Å². The second-order valence-electron chi connectivity index (χ2n) is 9.78. The van der Waals surface area contributed by atoms with Gasteiger partial charge >= 0.3 is 6.03 Å². The zero-order valence-electron chi connectivity index (χ0n) is 19.0. The van der Waals surface area contributed by atoms with Crippen LogP contribution in [0.4, 0.5) is 9.18 Å². The molecule has 0 bridgehead atoms. The Hall–Kier alpha value is -2.16. The Bertz CT molecular complexity index is 989. The van der Waals surface area contributed by atoms with Crippen molar-refractivity contribution in [2.45, 2.75) is 63.2 Å². The van der Waals surface area contributed by atoms with Gasteiger partial charge in [-0.25, -0.2) is 17.6 Å². The van der Waals surface area contributed by atoms with Crippen molar-refractivity contribution in [1.82, 2.24) is 10.2 Å². The van der Waals surface area contributed by atoms with Crippen LogP contribution in [0.1, 0.15) is 63.4 Å². The Labute approximate surface area is 195 Å². The summed E-state index contributed by atoms with van der Waals surface area (Å²) in [6.07, 6.45) is 7.23. The normalized spacial score (nSPS) is 20.3. The van der Waals surface area contributed by atoms with Crippen molar-refractivity contribution in [3.63, 3.8) is 0 Å². The smallest absolute Gasteiger partial charge is 0.324 e. The van der Waals surface area contributed by atoms with E-state index < -0.39 is 21.1 Å². The quantitative estimate of drug-likeness (QED) is 0.462. The van der Waals surface area contributed by atoms with Gasteiger partial charge in [-0.3, -0.25) is 10.1 Å². The molecule has 0 atom stereocenters.